The molecule has 0 radical (unpaired) electrons. The summed E-state index contributed by atoms with van der Waals surface area (Å²) < 4.78 is 36.6. The lowest BCUT2D eigenvalue weighted by Gasteiger charge is -2.27. The molecule has 0 aromatic heterocycles. The number of nitrogens with zero attached hydrogens (tertiary/aromatic N) is 2. The molecule has 166 valence electrons. The van der Waals surface area contributed by atoms with E-state index in [-0.39, 0.29) is 6.10 Å². The predicted molar refractivity (Wildman–Crippen MR) is 124 cm³/mol. The molecule has 1 aliphatic rings. The van der Waals surface area contributed by atoms with E-state index in [9.17, 15) is 13.2 Å². The van der Waals surface area contributed by atoms with E-state index < -0.39 is 22.0 Å². The van der Waals surface area contributed by atoms with Gasteiger partial charge in [0.25, 0.3) is 5.91 Å². The number of nitrogens with one attached hydrogen (secondary N) is 1. The maximum atomic E-state index is 12.6. The lowest BCUT2D eigenvalue weighted by atomic mass is 10.2. The number of sulfonamides is 1. The minimum atomic E-state index is -3.71. The van der Waals surface area contributed by atoms with Crippen LogP contribution in [0, 0.1) is 0 Å². The highest BCUT2D eigenvalue weighted by Gasteiger charge is 2.29. The maximum Gasteiger partial charge on any atom is 0.263 e. The minimum Gasteiger partial charge on any atom is -0.497 e. The lowest BCUT2D eigenvalue weighted by molar-refractivity contribution is -0.121. The molecular formula is C21H25N3O5S2. The Morgan fingerprint density at radius 2 is 1.77 bits per heavy atom. The van der Waals surface area contributed by atoms with Crippen molar-refractivity contribution in [3.8, 4) is 11.5 Å². The molecule has 2 aromatic rings. The van der Waals surface area contributed by atoms with Crippen molar-refractivity contribution in [2.45, 2.75) is 19.1 Å². The summed E-state index contributed by atoms with van der Waals surface area (Å²) in [6.07, 6.45) is 2.82. The van der Waals surface area contributed by atoms with Crippen molar-refractivity contribution in [1.29, 1.82) is 0 Å². The van der Waals surface area contributed by atoms with Gasteiger partial charge >= 0.3 is 0 Å². The van der Waals surface area contributed by atoms with Gasteiger partial charge in [0.1, 0.15) is 23.6 Å². The molecule has 1 heterocycles. The number of carbonyl (C=O) groups excluding carboxylic acids is 1. The molecule has 0 spiro atoms. The standard InChI is InChI=1S/C21H25N3O5S2/c1-15(24(31(3,26)27)17-6-10-18(28-2)11-7-17)21(25)23-22-12-16-4-8-19(9-5-16)29-20-13-30-14-20/h4-12,15,20H,13-14H2,1-3H3,(H,23,25)/b22-12+. The van der Waals surface area contributed by atoms with E-state index in [1.54, 1.807) is 24.3 Å². The van der Waals surface area contributed by atoms with Crippen molar-refractivity contribution in [1.82, 2.24) is 5.43 Å². The Labute approximate surface area is 186 Å². The van der Waals surface area contributed by atoms with Gasteiger partial charge in [0.15, 0.2) is 0 Å². The summed E-state index contributed by atoms with van der Waals surface area (Å²) in [5.74, 6) is 2.84. The molecule has 0 aliphatic carbocycles. The monoisotopic (exact) mass is 463 g/mol. The summed E-state index contributed by atoms with van der Waals surface area (Å²) in [4.78, 5) is 12.6. The molecular weight excluding hydrogens is 438 g/mol. The van der Waals surface area contributed by atoms with Crippen LogP contribution in [0.3, 0.4) is 0 Å². The summed E-state index contributed by atoms with van der Waals surface area (Å²) in [5.41, 5.74) is 3.54. The topological polar surface area (TPSA) is 97.3 Å². The fourth-order valence-corrected chi connectivity index (χ4v) is 4.65. The fraction of sp³-hybridized carbons (Fsp3) is 0.333. The second-order valence-corrected chi connectivity index (χ2v) is 9.95. The van der Waals surface area contributed by atoms with E-state index in [2.05, 4.69) is 10.5 Å². The molecule has 8 nitrogen and oxygen atoms in total. The van der Waals surface area contributed by atoms with Gasteiger partial charge in [0.2, 0.25) is 10.0 Å². The summed E-state index contributed by atoms with van der Waals surface area (Å²) >= 11 is 1.85. The minimum absolute atomic E-state index is 0.272. The van der Waals surface area contributed by atoms with Crippen LogP contribution in [0.4, 0.5) is 5.69 Å². The fourth-order valence-electron chi connectivity index (χ4n) is 2.91. The van der Waals surface area contributed by atoms with E-state index in [1.165, 1.54) is 20.2 Å². The van der Waals surface area contributed by atoms with Crippen LogP contribution in [0.15, 0.2) is 53.6 Å². The molecule has 1 unspecified atom stereocenters. The third-order valence-corrected chi connectivity index (χ3v) is 7.05. The van der Waals surface area contributed by atoms with Gasteiger partial charge in [0, 0.05) is 11.5 Å². The molecule has 1 fully saturated rings. The van der Waals surface area contributed by atoms with Crippen molar-refractivity contribution in [3.05, 3.63) is 54.1 Å². The van der Waals surface area contributed by atoms with Gasteiger partial charge in [-0.1, -0.05) is 0 Å². The van der Waals surface area contributed by atoms with Crippen molar-refractivity contribution >= 4 is 39.6 Å². The van der Waals surface area contributed by atoms with Crippen LogP contribution in [0.5, 0.6) is 11.5 Å². The van der Waals surface area contributed by atoms with Gasteiger partial charge in [-0.3, -0.25) is 9.10 Å². The quantitative estimate of drug-likeness (QED) is 0.453. The molecule has 1 aliphatic heterocycles. The van der Waals surface area contributed by atoms with Crippen LogP contribution in [-0.2, 0) is 14.8 Å². The molecule has 1 atom stereocenters. The van der Waals surface area contributed by atoms with Gasteiger partial charge in [0.05, 0.1) is 25.3 Å². The number of ether oxygens (including phenoxy) is 2. The maximum absolute atomic E-state index is 12.6. The highest BCUT2D eigenvalue weighted by Crippen LogP contribution is 2.25. The number of carbonyl (C=O) groups is 1. The number of hydrazone groups is 1. The van der Waals surface area contributed by atoms with Crippen LogP contribution < -0.4 is 19.2 Å². The van der Waals surface area contributed by atoms with E-state index >= 15 is 0 Å². The third kappa shape index (κ3) is 6.14. The zero-order chi connectivity index (χ0) is 22.4. The Hall–Kier alpha value is -2.72. The molecule has 1 saturated heterocycles. The lowest BCUT2D eigenvalue weighted by Crippen LogP contribution is -2.46. The van der Waals surface area contributed by atoms with Gasteiger partial charge in [-0.25, -0.2) is 13.8 Å². The van der Waals surface area contributed by atoms with Gasteiger partial charge in [-0.2, -0.15) is 16.9 Å². The second kappa shape index (κ2) is 10.1. The smallest absolute Gasteiger partial charge is 0.263 e. The normalized spacial score (nSPS) is 15.2. The van der Waals surface area contributed by atoms with Crippen molar-refractivity contribution in [3.63, 3.8) is 0 Å². The number of methoxy groups -OCH3 is 1. The number of hydrogen-bond donors (Lipinski definition) is 1. The first-order valence-corrected chi connectivity index (χ1v) is 12.6. The van der Waals surface area contributed by atoms with E-state index in [0.717, 1.165) is 33.4 Å². The predicted octanol–water partition coefficient (Wildman–Crippen LogP) is 2.49. The molecule has 1 N–H and O–H groups in total. The highest BCUT2D eigenvalue weighted by atomic mass is 32.2. The molecule has 1 amide bonds. The molecule has 31 heavy (non-hydrogen) atoms. The molecule has 10 heteroatoms. The number of anilines is 1. The van der Waals surface area contributed by atoms with Crippen molar-refractivity contribution in [2.75, 3.05) is 29.2 Å². The molecule has 3 rings (SSSR count). The van der Waals surface area contributed by atoms with E-state index in [4.69, 9.17) is 9.47 Å². The van der Waals surface area contributed by atoms with Crippen LogP contribution >= 0.6 is 11.8 Å². The average Bonchev–Trinajstić information content (AvgIpc) is 2.71. The second-order valence-electron chi connectivity index (χ2n) is 7.01. The number of thioether (sulfide) groups is 1. The molecule has 2 aromatic carbocycles. The zero-order valence-electron chi connectivity index (χ0n) is 17.5. The number of benzene rings is 2. The number of amides is 1. The zero-order valence-corrected chi connectivity index (χ0v) is 19.2. The first kappa shape index (κ1) is 23.0. The SMILES string of the molecule is COc1ccc(N(C(C)C(=O)N/N=C/c2ccc(OC3CSC3)cc2)S(C)(=O)=O)cc1. The third-order valence-electron chi connectivity index (χ3n) is 4.59. The highest BCUT2D eigenvalue weighted by molar-refractivity contribution is 8.00. The van der Waals surface area contributed by atoms with Crippen LogP contribution in [0.25, 0.3) is 0 Å². The largest absolute Gasteiger partial charge is 0.497 e. The summed E-state index contributed by atoms with van der Waals surface area (Å²) in [7, 11) is -2.19. The Balaban J connectivity index is 1.63. The Bertz CT molecular complexity index is 1020. The first-order chi connectivity index (χ1) is 14.8. The van der Waals surface area contributed by atoms with Crippen LogP contribution in [0.1, 0.15) is 12.5 Å². The Morgan fingerprint density at radius 3 is 2.29 bits per heavy atom. The Morgan fingerprint density at radius 1 is 1.16 bits per heavy atom. The van der Waals surface area contributed by atoms with Crippen LogP contribution in [-0.4, -0.2) is 57.6 Å². The Kier molecular flexibility index (Phi) is 7.45. The van der Waals surface area contributed by atoms with Gasteiger partial charge in [-0.05, 0) is 61.0 Å². The summed E-state index contributed by atoms with van der Waals surface area (Å²) in [6.45, 7) is 1.50. The molecule has 0 saturated carbocycles. The average molecular weight is 464 g/mol. The molecule has 0 bridgehead atoms. The first-order valence-electron chi connectivity index (χ1n) is 9.59. The van der Waals surface area contributed by atoms with E-state index in [1.807, 2.05) is 36.0 Å². The van der Waals surface area contributed by atoms with Crippen molar-refractivity contribution in [2.24, 2.45) is 5.10 Å². The van der Waals surface area contributed by atoms with Gasteiger partial charge < -0.3 is 9.47 Å². The van der Waals surface area contributed by atoms with Gasteiger partial charge in [-0.15, -0.1) is 0 Å². The summed E-state index contributed by atoms with van der Waals surface area (Å²) in [5, 5.41) is 3.96. The number of rotatable bonds is 9. The summed E-state index contributed by atoms with van der Waals surface area (Å²) in [6, 6.07) is 12.8. The van der Waals surface area contributed by atoms with E-state index in [0.29, 0.717) is 11.4 Å². The van der Waals surface area contributed by atoms with Crippen molar-refractivity contribution < 1.29 is 22.7 Å². The number of hydrogen-bond acceptors (Lipinski definition) is 7. The van der Waals surface area contributed by atoms with Crippen LogP contribution in [0.2, 0.25) is 0 Å².